The molecule has 0 aliphatic heterocycles. The summed E-state index contributed by atoms with van der Waals surface area (Å²) in [6, 6.07) is 0. The number of carbonyl (C=O) groups is 1. The third-order valence-electron chi connectivity index (χ3n) is 2.27. The topological polar surface area (TPSA) is 95.7 Å². The van der Waals surface area contributed by atoms with E-state index in [1.165, 1.54) is 0 Å². The van der Waals surface area contributed by atoms with E-state index in [2.05, 4.69) is 20.4 Å². The molecule has 0 spiro atoms. The van der Waals surface area contributed by atoms with Crippen molar-refractivity contribution in [2.45, 2.75) is 19.8 Å². The van der Waals surface area contributed by atoms with Gasteiger partial charge in [-0.05, 0) is 18.4 Å². The average molecular weight is 236 g/mol. The van der Waals surface area contributed by atoms with Crippen LogP contribution in [0.5, 0.6) is 0 Å². The van der Waals surface area contributed by atoms with Gasteiger partial charge in [0, 0.05) is 31.2 Å². The molecular weight excluding hydrogens is 220 g/mol. The van der Waals surface area contributed by atoms with E-state index in [1.807, 2.05) is 6.92 Å². The zero-order valence-corrected chi connectivity index (χ0v) is 10.1. The molecule has 0 bridgehead atoms. The molecule has 1 aromatic rings. The minimum absolute atomic E-state index is 0.129. The van der Waals surface area contributed by atoms with Crippen molar-refractivity contribution in [1.29, 1.82) is 0 Å². The number of nitrogens with zero attached hydrogens (tertiary/aromatic N) is 5. The van der Waals surface area contributed by atoms with Gasteiger partial charge in [0.1, 0.15) is 0 Å². The Balaban J connectivity index is 2.48. The smallest absolute Gasteiger partial charge is 0.254 e. The van der Waals surface area contributed by atoms with Crippen molar-refractivity contribution in [3.8, 4) is 0 Å². The molecule has 92 valence electrons. The number of rotatable bonds is 6. The number of amides is 1. The first-order valence-corrected chi connectivity index (χ1v) is 5.50. The summed E-state index contributed by atoms with van der Waals surface area (Å²) in [4.78, 5) is 14.4. The number of aryl methyl sites for hydroxylation is 2. The minimum atomic E-state index is -0.129. The first kappa shape index (κ1) is 13.1. The van der Waals surface area contributed by atoms with Crippen LogP contribution in [0.25, 0.3) is 10.4 Å². The molecule has 0 saturated carbocycles. The minimum Gasteiger partial charge on any atom is -0.352 e. The van der Waals surface area contributed by atoms with Crippen LogP contribution in [0.15, 0.2) is 11.3 Å². The molecule has 7 nitrogen and oxygen atoms in total. The predicted octanol–water partition coefficient (Wildman–Crippen LogP) is 1.41. The second-order valence-corrected chi connectivity index (χ2v) is 3.58. The molecule has 0 unspecified atom stereocenters. The van der Waals surface area contributed by atoms with Crippen LogP contribution in [0.1, 0.15) is 29.4 Å². The molecule has 0 aliphatic carbocycles. The van der Waals surface area contributed by atoms with Crippen molar-refractivity contribution in [2.75, 3.05) is 13.1 Å². The van der Waals surface area contributed by atoms with E-state index >= 15 is 0 Å². The highest BCUT2D eigenvalue weighted by Gasteiger charge is 2.13. The SMILES string of the molecule is CCc1nn(C)cc1C(=O)NCCCN=[N+]=[N-]. The quantitative estimate of drug-likeness (QED) is 0.350. The number of azide groups is 1. The lowest BCUT2D eigenvalue weighted by atomic mass is 10.2. The normalized spacial score (nSPS) is 9.76. The molecule has 1 N–H and O–H groups in total. The average Bonchev–Trinajstić information content (AvgIpc) is 2.70. The molecule has 0 aromatic carbocycles. The van der Waals surface area contributed by atoms with Crippen molar-refractivity contribution >= 4 is 5.91 Å². The van der Waals surface area contributed by atoms with Crippen molar-refractivity contribution in [1.82, 2.24) is 15.1 Å². The molecule has 7 heteroatoms. The maximum Gasteiger partial charge on any atom is 0.254 e. The Morgan fingerprint density at radius 3 is 3.12 bits per heavy atom. The van der Waals surface area contributed by atoms with E-state index < -0.39 is 0 Å². The lowest BCUT2D eigenvalue weighted by Gasteiger charge is -2.02. The van der Waals surface area contributed by atoms with Crippen LogP contribution in [0.2, 0.25) is 0 Å². The molecule has 17 heavy (non-hydrogen) atoms. The summed E-state index contributed by atoms with van der Waals surface area (Å²) in [5.74, 6) is -0.129. The Labute approximate surface area is 99.4 Å². The lowest BCUT2D eigenvalue weighted by molar-refractivity contribution is 0.0952. The lowest BCUT2D eigenvalue weighted by Crippen LogP contribution is -2.25. The van der Waals surface area contributed by atoms with E-state index in [9.17, 15) is 4.79 Å². The van der Waals surface area contributed by atoms with Gasteiger partial charge >= 0.3 is 0 Å². The van der Waals surface area contributed by atoms with Crippen molar-refractivity contribution in [2.24, 2.45) is 12.2 Å². The number of hydrogen-bond acceptors (Lipinski definition) is 3. The van der Waals surface area contributed by atoms with Gasteiger partial charge in [0.25, 0.3) is 5.91 Å². The monoisotopic (exact) mass is 236 g/mol. The molecule has 0 atom stereocenters. The first-order chi connectivity index (χ1) is 8.19. The predicted molar refractivity (Wildman–Crippen MR) is 63.5 cm³/mol. The van der Waals surface area contributed by atoms with Crippen LogP contribution in [0.4, 0.5) is 0 Å². The highest BCUT2D eigenvalue weighted by molar-refractivity contribution is 5.95. The fourth-order valence-electron chi connectivity index (χ4n) is 1.48. The van der Waals surface area contributed by atoms with Crippen LogP contribution in [-0.2, 0) is 13.5 Å². The van der Waals surface area contributed by atoms with Crippen LogP contribution in [0.3, 0.4) is 0 Å². The van der Waals surface area contributed by atoms with Crippen LogP contribution >= 0.6 is 0 Å². The molecular formula is C10H16N6O. The molecule has 0 aliphatic rings. The number of nitrogens with one attached hydrogen (secondary N) is 1. The Kier molecular flexibility index (Phi) is 5.03. The Morgan fingerprint density at radius 2 is 2.47 bits per heavy atom. The molecule has 0 saturated heterocycles. The summed E-state index contributed by atoms with van der Waals surface area (Å²) in [5.41, 5.74) is 9.49. The Morgan fingerprint density at radius 1 is 1.71 bits per heavy atom. The van der Waals surface area contributed by atoms with E-state index in [4.69, 9.17) is 5.53 Å². The van der Waals surface area contributed by atoms with Gasteiger partial charge in [0.15, 0.2) is 0 Å². The van der Waals surface area contributed by atoms with Gasteiger partial charge in [-0.25, -0.2) is 0 Å². The third kappa shape index (κ3) is 3.81. The molecule has 0 radical (unpaired) electrons. The fraction of sp³-hybridized carbons (Fsp3) is 0.600. The molecule has 1 aromatic heterocycles. The van der Waals surface area contributed by atoms with Crippen molar-refractivity contribution < 1.29 is 4.79 Å². The van der Waals surface area contributed by atoms with E-state index in [-0.39, 0.29) is 5.91 Å². The first-order valence-electron chi connectivity index (χ1n) is 5.50. The summed E-state index contributed by atoms with van der Waals surface area (Å²) in [5, 5.41) is 10.4. The molecule has 1 rings (SSSR count). The summed E-state index contributed by atoms with van der Waals surface area (Å²) >= 11 is 0. The molecule has 1 heterocycles. The van der Waals surface area contributed by atoms with Gasteiger partial charge in [0.05, 0.1) is 11.3 Å². The van der Waals surface area contributed by atoms with Gasteiger partial charge in [-0.1, -0.05) is 12.0 Å². The van der Waals surface area contributed by atoms with Crippen LogP contribution in [0, 0.1) is 0 Å². The van der Waals surface area contributed by atoms with Gasteiger partial charge in [0.2, 0.25) is 0 Å². The standard InChI is InChI=1S/C10H16N6O/c1-3-9-8(7-16(2)14-9)10(17)12-5-4-6-13-15-11/h7H,3-6H2,1-2H3,(H,12,17). The second kappa shape index (κ2) is 6.55. The Bertz CT molecular complexity index is 432. The maximum atomic E-state index is 11.8. The van der Waals surface area contributed by atoms with Crippen molar-refractivity contribution in [3.63, 3.8) is 0 Å². The highest BCUT2D eigenvalue weighted by Crippen LogP contribution is 2.06. The summed E-state index contributed by atoms with van der Waals surface area (Å²) < 4.78 is 1.63. The number of aromatic nitrogens is 2. The van der Waals surface area contributed by atoms with Gasteiger partial charge < -0.3 is 5.32 Å². The number of hydrogen-bond donors (Lipinski definition) is 1. The van der Waals surface area contributed by atoms with Gasteiger partial charge in [-0.2, -0.15) is 5.10 Å². The Hall–Kier alpha value is -2.01. The van der Waals surface area contributed by atoms with E-state index in [1.54, 1.807) is 17.9 Å². The zero-order chi connectivity index (χ0) is 12.7. The van der Waals surface area contributed by atoms with Crippen LogP contribution in [-0.4, -0.2) is 28.8 Å². The van der Waals surface area contributed by atoms with Crippen molar-refractivity contribution in [3.05, 3.63) is 27.9 Å². The highest BCUT2D eigenvalue weighted by atomic mass is 16.1. The van der Waals surface area contributed by atoms with Gasteiger partial charge in [-0.15, -0.1) is 0 Å². The second-order valence-electron chi connectivity index (χ2n) is 3.58. The van der Waals surface area contributed by atoms with E-state index in [0.29, 0.717) is 25.1 Å². The third-order valence-corrected chi connectivity index (χ3v) is 2.27. The van der Waals surface area contributed by atoms with E-state index in [0.717, 1.165) is 12.1 Å². The largest absolute Gasteiger partial charge is 0.352 e. The summed E-state index contributed by atoms with van der Waals surface area (Å²) in [7, 11) is 1.79. The number of carbonyl (C=O) groups excluding carboxylic acids is 1. The zero-order valence-electron chi connectivity index (χ0n) is 10.1. The van der Waals surface area contributed by atoms with Crippen LogP contribution < -0.4 is 5.32 Å². The molecule has 0 fully saturated rings. The fourth-order valence-corrected chi connectivity index (χ4v) is 1.48. The summed E-state index contributed by atoms with van der Waals surface area (Å²) in [6.45, 7) is 2.85. The van der Waals surface area contributed by atoms with Gasteiger partial charge in [-0.3, -0.25) is 9.48 Å². The molecule has 1 amide bonds. The summed E-state index contributed by atoms with van der Waals surface area (Å²) in [6.07, 6.45) is 3.07. The maximum absolute atomic E-state index is 11.8.